The monoisotopic (exact) mass is 811 g/mol. The fourth-order valence-electron chi connectivity index (χ4n) is 10.7. The van der Waals surface area contributed by atoms with Gasteiger partial charge in [-0.15, -0.1) is 11.3 Å². The van der Waals surface area contributed by atoms with E-state index in [1.165, 1.54) is 86.5 Å². The molecule has 4 aliphatic rings. The molecule has 0 amide bonds. The molecular weight excluding hydrogens is 771 g/mol. The Morgan fingerprint density at radius 2 is 1.23 bits per heavy atom. The molecule has 9 aromatic rings. The molecule has 0 saturated carbocycles. The lowest BCUT2D eigenvalue weighted by atomic mass is 9.69. The van der Waals surface area contributed by atoms with E-state index in [4.69, 9.17) is 9.97 Å². The van der Waals surface area contributed by atoms with Crippen LogP contribution in [-0.2, 0) is 0 Å². The van der Waals surface area contributed by atoms with Gasteiger partial charge in [-0.25, -0.2) is 9.97 Å². The van der Waals surface area contributed by atoms with Gasteiger partial charge in [0, 0.05) is 53.9 Å². The minimum Gasteiger partial charge on any atom is -0.277 e. The zero-order valence-electron chi connectivity index (χ0n) is 34.1. The van der Waals surface area contributed by atoms with Crippen LogP contribution in [0.5, 0.6) is 0 Å². The topological polar surface area (TPSA) is 30.7 Å². The van der Waals surface area contributed by atoms with Crippen molar-refractivity contribution in [2.75, 3.05) is 0 Å². The predicted molar refractivity (Wildman–Crippen MR) is 262 cm³/mol. The van der Waals surface area contributed by atoms with Crippen molar-refractivity contribution in [2.24, 2.45) is 5.92 Å². The lowest BCUT2D eigenvalue weighted by Gasteiger charge is -2.35. The van der Waals surface area contributed by atoms with Gasteiger partial charge in [-0.1, -0.05) is 170 Å². The summed E-state index contributed by atoms with van der Waals surface area (Å²) in [6.07, 6.45) is 25.1. The molecule has 3 nitrogen and oxygen atoms in total. The van der Waals surface area contributed by atoms with Crippen LogP contribution in [0, 0.1) is 5.92 Å². The number of hydrogen-bond donors (Lipinski definition) is 0. The molecule has 3 aromatic heterocycles. The van der Waals surface area contributed by atoms with Gasteiger partial charge in [-0.3, -0.25) is 4.57 Å². The summed E-state index contributed by atoms with van der Waals surface area (Å²) in [5, 5.41) is 6.47. The van der Waals surface area contributed by atoms with Gasteiger partial charge in [0.2, 0.25) is 5.95 Å². The molecule has 2 atom stereocenters. The van der Waals surface area contributed by atoms with Crippen LogP contribution in [-0.4, -0.2) is 14.5 Å². The van der Waals surface area contributed by atoms with Crippen molar-refractivity contribution in [1.29, 1.82) is 0 Å². The van der Waals surface area contributed by atoms with Crippen molar-refractivity contribution in [3.05, 3.63) is 211 Å². The molecule has 6 aromatic carbocycles. The molecule has 2 unspecified atom stereocenters. The quantitative estimate of drug-likeness (QED) is 0.173. The van der Waals surface area contributed by atoms with Gasteiger partial charge in [-0.2, -0.15) is 0 Å². The van der Waals surface area contributed by atoms with Crippen molar-refractivity contribution in [1.82, 2.24) is 14.5 Å². The summed E-state index contributed by atoms with van der Waals surface area (Å²) < 4.78 is 5.13. The molecule has 0 fully saturated rings. The molecular formula is C58H41N3S. The summed E-state index contributed by atoms with van der Waals surface area (Å²) in [5.41, 5.74) is 15.9. The first-order valence-electron chi connectivity index (χ1n) is 21.9. The molecule has 0 bridgehead atoms. The standard InChI is InChI=1S/C58H41N3S/c1-4-16-36(17-5-1)37-28-30-38(31-29-37)41-32-33-51-48(34-41)52-45-25-13-15-27-47(45)56-54(57(52)62-51)53-44-24-12-10-22-42(44)43-23-11-14-26-46(43)55(53)61(56)58-59-49(39-18-6-2-7-19-39)35-50(60-58)40-20-8-3-9-21-40/h1-4,6-13,15-16,18-25,27-35,42,44H,5,14,17,26H2. The summed E-state index contributed by atoms with van der Waals surface area (Å²) in [7, 11) is 0. The third-order valence-electron chi connectivity index (χ3n) is 13.6. The van der Waals surface area contributed by atoms with Crippen molar-refractivity contribution in [3.63, 3.8) is 0 Å². The van der Waals surface area contributed by atoms with E-state index in [1.807, 2.05) is 11.3 Å². The third-order valence-corrected chi connectivity index (χ3v) is 14.7. The summed E-state index contributed by atoms with van der Waals surface area (Å²) in [5.74, 6) is 1.15. The maximum absolute atomic E-state index is 5.56. The van der Waals surface area contributed by atoms with Gasteiger partial charge in [0.15, 0.2) is 0 Å². The summed E-state index contributed by atoms with van der Waals surface area (Å²) in [4.78, 5) is 11.1. The number of aromatic nitrogens is 3. The average molecular weight is 812 g/mol. The predicted octanol–water partition coefficient (Wildman–Crippen LogP) is 15.6. The minimum atomic E-state index is 0.171. The molecule has 0 saturated heterocycles. The number of hydrogen-bond acceptors (Lipinski definition) is 3. The maximum atomic E-state index is 5.56. The summed E-state index contributed by atoms with van der Waals surface area (Å²) >= 11 is 1.94. The maximum Gasteiger partial charge on any atom is 0.235 e. The zero-order chi connectivity index (χ0) is 40.7. The van der Waals surface area contributed by atoms with E-state index in [9.17, 15) is 0 Å². The molecule has 62 heavy (non-hydrogen) atoms. The van der Waals surface area contributed by atoms with Crippen LogP contribution in [0.1, 0.15) is 48.4 Å². The number of benzene rings is 6. The van der Waals surface area contributed by atoms with E-state index in [2.05, 4.69) is 193 Å². The van der Waals surface area contributed by atoms with E-state index < -0.39 is 0 Å². The van der Waals surface area contributed by atoms with Crippen LogP contribution in [0.4, 0.5) is 0 Å². The molecule has 13 rings (SSSR count). The second kappa shape index (κ2) is 14.2. The second-order valence-electron chi connectivity index (χ2n) is 17.0. The van der Waals surface area contributed by atoms with E-state index in [0.717, 1.165) is 48.2 Å². The highest BCUT2D eigenvalue weighted by atomic mass is 32.1. The van der Waals surface area contributed by atoms with Crippen molar-refractivity contribution < 1.29 is 0 Å². The first-order chi connectivity index (χ1) is 30.8. The normalized spacial score (nSPS) is 17.8. The lowest BCUT2D eigenvalue weighted by molar-refractivity contribution is 0.654. The molecule has 4 aliphatic carbocycles. The Balaban J connectivity index is 1.14. The smallest absolute Gasteiger partial charge is 0.235 e. The zero-order valence-corrected chi connectivity index (χ0v) is 34.9. The van der Waals surface area contributed by atoms with E-state index in [0.29, 0.717) is 5.95 Å². The Labute approximate surface area is 364 Å². The average Bonchev–Trinajstić information content (AvgIpc) is 3.92. The van der Waals surface area contributed by atoms with Crippen LogP contribution in [0.25, 0.3) is 92.6 Å². The molecule has 3 heterocycles. The van der Waals surface area contributed by atoms with Crippen LogP contribution in [0.3, 0.4) is 0 Å². The minimum absolute atomic E-state index is 0.171. The van der Waals surface area contributed by atoms with Crippen molar-refractivity contribution >= 4 is 64.3 Å². The fraction of sp³-hybridized carbons (Fsp3) is 0.103. The summed E-state index contributed by atoms with van der Waals surface area (Å²) in [6, 6.07) is 48.7. The highest BCUT2D eigenvalue weighted by molar-refractivity contribution is 7.27. The molecule has 0 radical (unpaired) electrons. The van der Waals surface area contributed by atoms with Gasteiger partial charge >= 0.3 is 0 Å². The van der Waals surface area contributed by atoms with E-state index >= 15 is 0 Å². The molecule has 4 heteroatoms. The fourth-order valence-corrected chi connectivity index (χ4v) is 12.0. The molecule has 294 valence electrons. The van der Waals surface area contributed by atoms with Crippen LogP contribution in [0.2, 0.25) is 0 Å². The van der Waals surface area contributed by atoms with Crippen LogP contribution >= 0.6 is 11.3 Å². The van der Waals surface area contributed by atoms with Crippen LogP contribution < -0.4 is 0 Å². The Kier molecular flexibility index (Phi) is 8.17. The van der Waals surface area contributed by atoms with Gasteiger partial charge in [0.1, 0.15) is 0 Å². The first kappa shape index (κ1) is 35.6. The highest BCUT2D eigenvalue weighted by Gasteiger charge is 2.40. The SMILES string of the molecule is C1=CCCC(c2ccc(-c3ccc4sc5c6c7c(n(-c8nc(-c9ccccc9)cc(-c9ccccc9)n8)c6c6ccccc6c5c4c3)C3=C(C=CCC3)C3C=CC=CC73)cc2)=C1. The third kappa shape index (κ3) is 5.49. The number of allylic oxidation sites excluding steroid dienone is 12. The Morgan fingerprint density at radius 1 is 0.548 bits per heavy atom. The first-order valence-corrected chi connectivity index (χ1v) is 22.8. The lowest BCUT2D eigenvalue weighted by Crippen LogP contribution is -2.22. The molecule has 0 spiro atoms. The number of thiophene rings is 1. The van der Waals surface area contributed by atoms with Crippen LogP contribution in [0.15, 0.2) is 194 Å². The Morgan fingerprint density at radius 3 is 1.97 bits per heavy atom. The van der Waals surface area contributed by atoms with Gasteiger partial charge in [-0.05, 0) is 88.2 Å². The van der Waals surface area contributed by atoms with Gasteiger partial charge in [0.25, 0.3) is 0 Å². The second-order valence-corrected chi connectivity index (χ2v) is 18.0. The van der Waals surface area contributed by atoms with Crippen molar-refractivity contribution in [3.8, 4) is 39.6 Å². The number of fused-ring (bicyclic) bond motifs is 14. The van der Waals surface area contributed by atoms with Gasteiger partial charge < -0.3 is 0 Å². The Hall–Kier alpha value is -7.14. The molecule has 0 N–H and O–H groups in total. The van der Waals surface area contributed by atoms with E-state index in [-0.39, 0.29) is 11.8 Å². The summed E-state index contributed by atoms with van der Waals surface area (Å²) in [6.45, 7) is 0. The number of nitrogens with zero attached hydrogens (tertiary/aromatic N) is 3. The van der Waals surface area contributed by atoms with E-state index in [1.54, 1.807) is 0 Å². The Bertz CT molecular complexity index is 3440. The van der Waals surface area contributed by atoms with Gasteiger partial charge in [0.05, 0.1) is 22.6 Å². The molecule has 0 aliphatic heterocycles. The number of rotatable bonds is 5. The highest BCUT2D eigenvalue weighted by Crippen LogP contribution is 2.56. The van der Waals surface area contributed by atoms with Crippen molar-refractivity contribution in [2.45, 2.75) is 31.6 Å². The largest absolute Gasteiger partial charge is 0.277 e.